The van der Waals surface area contributed by atoms with Gasteiger partial charge >= 0.3 is 5.97 Å². The Hall–Kier alpha value is -0.720. The van der Waals surface area contributed by atoms with Crippen LogP contribution in [0.25, 0.3) is 0 Å². The van der Waals surface area contributed by atoms with Gasteiger partial charge in [0.15, 0.2) is 6.61 Å². The Bertz CT molecular complexity index is 119. The Kier molecular flexibility index (Phi) is 9.00. The van der Waals surface area contributed by atoms with Crippen LogP contribution < -0.4 is 5.73 Å². The Morgan fingerprint density at radius 1 is 1.78 bits per heavy atom. The van der Waals surface area contributed by atoms with E-state index in [0.29, 0.717) is 0 Å². The van der Waals surface area contributed by atoms with Crippen LogP contribution in [0.1, 0.15) is 0 Å². The molecule has 0 aromatic rings. The van der Waals surface area contributed by atoms with Crippen molar-refractivity contribution in [2.45, 2.75) is 0 Å². The van der Waals surface area contributed by atoms with Gasteiger partial charge in [0.05, 0.1) is 6.54 Å². The first kappa shape index (κ1) is 11.1. The van der Waals surface area contributed by atoms with Crippen molar-refractivity contribution in [2.24, 2.45) is 5.73 Å². The molecule has 0 radical (unpaired) electrons. The van der Waals surface area contributed by atoms with Gasteiger partial charge in [-0.1, -0.05) is 5.92 Å². The third-order valence-electron chi connectivity index (χ3n) is 0.483. The Morgan fingerprint density at radius 3 is 2.67 bits per heavy atom. The zero-order valence-electron chi connectivity index (χ0n) is 4.79. The molecule has 4 heteroatoms. The first-order chi connectivity index (χ1) is 3.81. The summed E-state index contributed by atoms with van der Waals surface area (Å²) in [5.41, 5.74) is 4.87. The number of hydrogen-bond donors (Lipinski definition) is 1. The Balaban J connectivity index is 0. The number of nitrogens with two attached hydrogens (primary N) is 1. The summed E-state index contributed by atoms with van der Waals surface area (Å²) < 4.78 is 4.34. The van der Waals surface area contributed by atoms with Crippen LogP contribution in [-0.4, -0.2) is 19.1 Å². The van der Waals surface area contributed by atoms with E-state index in [-0.39, 0.29) is 25.6 Å². The summed E-state index contributed by atoms with van der Waals surface area (Å²) in [5.74, 6) is 1.66. The molecule has 0 amide bonds. The van der Waals surface area contributed by atoms with Gasteiger partial charge in [0.2, 0.25) is 0 Å². The van der Waals surface area contributed by atoms with E-state index in [1.165, 1.54) is 0 Å². The molecule has 52 valence electrons. The molecule has 0 bridgehead atoms. The minimum absolute atomic E-state index is 0. The summed E-state index contributed by atoms with van der Waals surface area (Å²) in [5, 5.41) is 0. The maximum absolute atomic E-state index is 10.1. The summed E-state index contributed by atoms with van der Waals surface area (Å²) in [6.45, 7) is -0.0995. The number of hydrogen-bond acceptors (Lipinski definition) is 3. The molecule has 0 aromatic carbocycles. The van der Waals surface area contributed by atoms with Crippen molar-refractivity contribution in [3.63, 3.8) is 0 Å². The number of carbonyl (C=O) groups is 1. The van der Waals surface area contributed by atoms with Crippen molar-refractivity contribution >= 4 is 18.4 Å². The fourth-order valence-corrected chi connectivity index (χ4v) is 0.181. The number of carbonyl (C=O) groups excluding carboxylic acids is 1. The SMILES string of the molecule is C#CCOC(=O)CN.Cl. The zero-order valence-corrected chi connectivity index (χ0v) is 5.61. The fraction of sp³-hybridized carbons (Fsp3) is 0.400. The van der Waals surface area contributed by atoms with E-state index >= 15 is 0 Å². The maximum Gasteiger partial charge on any atom is 0.320 e. The van der Waals surface area contributed by atoms with Crippen LogP contribution in [-0.2, 0) is 9.53 Å². The van der Waals surface area contributed by atoms with E-state index in [4.69, 9.17) is 12.2 Å². The van der Waals surface area contributed by atoms with Crippen molar-refractivity contribution in [2.75, 3.05) is 13.2 Å². The van der Waals surface area contributed by atoms with Gasteiger partial charge in [-0.3, -0.25) is 4.79 Å². The van der Waals surface area contributed by atoms with Crippen LogP contribution in [0.5, 0.6) is 0 Å². The second kappa shape index (κ2) is 7.28. The van der Waals surface area contributed by atoms with E-state index in [1.54, 1.807) is 0 Å². The molecule has 0 aliphatic rings. The molecule has 0 fully saturated rings. The first-order valence-corrected chi connectivity index (χ1v) is 2.10. The molecule has 0 rings (SSSR count). The maximum atomic E-state index is 10.1. The Labute approximate surface area is 60.0 Å². The van der Waals surface area contributed by atoms with Crippen molar-refractivity contribution in [1.29, 1.82) is 0 Å². The first-order valence-electron chi connectivity index (χ1n) is 2.10. The quantitative estimate of drug-likeness (QED) is 0.427. The lowest BCUT2D eigenvalue weighted by Crippen LogP contribution is -2.16. The largest absolute Gasteiger partial charge is 0.452 e. The lowest BCUT2D eigenvalue weighted by atomic mass is 10.7. The summed E-state index contributed by atoms with van der Waals surface area (Å²) >= 11 is 0. The lowest BCUT2D eigenvalue weighted by Gasteiger charge is -1.93. The second-order valence-electron chi connectivity index (χ2n) is 1.07. The number of esters is 1. The highest BCUT2D eigenvalue weighted by Crippen LogP contribution is 1.70. The smallest absolute Gasteiger partial charge is 0.320 e. The van der Waals surface area contributed by atoms with Gasteiger partial charge in [-0.05, 0) is 0 Å². The number of terminal acetylenes is 1. The highest BCUT2D eigenvalue weighted by Gasteiger charge is 1.92. The molecule has 0 aliphatic heterocycles. The van der Waals surface area contributed by atoms with Crippen LogP contribution in [0.2, 0.25) is 0 Å². The molecule has 0 saturated heterocycles. The van der Waals surface area contributed by atoms with Gasteiger partial charge in [-0.15, -0.1) is 18.8 Å². The van der Waals surface area contributed by atoms with Gasteiger partial charge in [-0.25, -0.2) is 0 Å². The summed E-state index contributed by atoms with van der Waals surface area (Å²) in [6, 6.07) is 0. The van der Waals surface area contributed by atoms with Crippen LogP contribution >= 0.6 is 12.4 Å². The summed E-state index contributed by atoms with van der Waals surface area (Å²) in [6.07, 6.45) is 4.76. The molecule has 3 nitrogen and oxygen atoms in total. The molecule has 0 unspecified atom stereocenters. The Morgan fingerprint density at radius 2 is 2.33 bits per heavy atom. The number of rotatable bonds is 2. The third kappa shape index (κ3) is 7.28. The molecular formula is C5H8ClNO2. The molecule has 0 atom stereocenters. The summed E-state index contributed by atoms with van der Waals surface area (Å²) in [7, 11) is 0. The van der Waals surface area contributed by atoms with Crippen molar-refractivity contribution in [3.8, 4) is 12.3 Å². The minimum atomic E-state index is -0.469. The molecule has 0 aromatic heterocycles. The highest BCUT2D eigenvalue weighted by atomic mass is 35.5. The van der Waals surface area contributed by atoms with Crippen LogP contribution in [0.3, 0.4) is 0 Å². The molecule has 0 spiro atoms. The van der Waals surface area contributed by atoms with Crippen LogP contribution in [0.4, 0.5) is 0 Å². The van der Waals surface area contributed by atoms with Gasteiger partial charge in [0.1, 0.15) is 0 Å². The fourth-order valence-electron chi connectivity index (χ4n) is 0.181. The molecule has 0 heterocycles. The number of ether oxygens (including phenoxy) is 1. The molecular weight excluding hydrogens is 142 g/mol. The van der Waals surface area contributed by atoms with E-state index in [2.05, 4.69) is 10.7 Å². The van der Waals surface area contributed by atoms with E-state index in [9.17, 15) is 4.79 Å². The van der Waals surface area contributed by atoms with Crippen molar-refractivity contribution in [1.82, 2.24) is 0 Å². The van der Waals surface area contributed by atoms with E-state index in [0.717, 1.165) is 0 Å². The van der Waals surface area contributed by atoms with Gasteiger partial charge < -0.3 is 10.5 Å². The van der Waals surface area contributed by atoms with E-state index < -0.39 is 5.97 Å². The third-order valence-corrected chi connectivity index (χ3v) is 0.483. The molecule has 2 N–H and O–H groups in total. The van der Waals surface area contributed by atoms with Gasteiger partial charge in [-0.2, -0.15) is 0 Å². The van der Waals surface area contributed by atoms with Gasteiger partial charge in [0.25, 0.3) is 0 Å². The normalized spacial score (nSPS) is 6.67. The highest BCUT2D eigenvalue weighted by molar-refractivity contribution is 5.85. The topological polar surface area (TPSA) is 52.3 Å². The molecule has 9 heavy (non-hydrogen) atoms. The monoisotopic (exact) mass is 149 g/mol. The predicted molar refractivity (Wildman–Crippen MR) is 36.1 cm³/mol. The standard InChI is InChI=1S/C5H7NO2.ClH/c1-2-3-8-5(7)4-6;/h1H,3-4,6H2;1H. The predicted octanol–water partition coefficient (Wildman–Crippen LogP) is -0.457. The van der Waals surface area contributed by atoms with E-state index in [1.807, 2.05) is 0 Å². The van der Waals surface area contributed by atoms with Gasteiger partial charge in [0, 0.05) is 0 Å². The van der Waals surface area contributed by atoms with Crippen LogP contribution in [0.15, 0.2) is 0 Å². The van der Waals surface area contributed by atoms with Crippen molar-refractivity contribution < 1.29 is 9.53 Å². The molecule has 0 saturated carbocycles. The molecule has 0 aliphatic carbocycles. The average molecular weight is 150 g/mol. The number of halogens is 1. The lowest BCUT2D eigenvalue weighted by molar-refractivity contribution is -0.140. The average Bonchev–Trinajstić information content (AvgIpc) is 1.83. The second-order valence-corrected chi connectivity index (χ2v) is 1.07. The zero-order chi connectivity index (χ0) is 6.41. The summed E-state index contributed by atoms with van der Waals surface area (Å²) in [4.78, 5) is 10.1. The minimum Gasteiger partial charge on any atom is -0.452 e. The van der Waals surface area contributed by atoms with Crippen LogP contribution in [0, 0.1) is 12.3 Å². The van der Waals surface area contributed by atoms with Crippen molar-refractivity contribution in [3.05, 3.63) is 0 Å².